The molecule has 1 rings (SSSR count). The molecule has 2 nitrogen and oxygen atoms in total. The summed E-state index contributed by atoms with van der Waals surface area (Å²) in [6, 6.07) is 4.35. The summed E-state index contributed by atoms with van der Waals surface area (Å²) < 4.78 is 18.5. The third-order valence-corrected chi connectivity index (χ3v) is 2.36. The van der Waals surface area contributed by atoms with Crippen molar-refractivity contribution >= 4 is 5.78 Å². The van der Waals surface area contributed by atoms with E-state index in [9.17, 15) is 9.18 Å². The Balaban J connectivity index is 2.94. The maximum atomic E-state index is 13.1. The molecule has 88 valence electrons. The zero-order chi connectivity index (χ0) is 12.1. The van der Waals surface area contributed by atoms with Gasteiger partial charge < -0.3 is 4.74 Å². The predicted molar refractivity (Wildman–Crippen MR) is 61.2 cm³/mol. The Morgan fingerprint density at radius 3 is 2.56 bits per heavy atom. The van der Waals surface area contributed by atoms with E-state index >= 15 is 0 Å². The largest absolute Gasteiger partial charge is 0.370 e. The van der Waals surface area contributed by atoms with Gasteiger partial charge in [0.25, 0.3) is 0 Å². The summed E-state index contributed by atoms with van der Waals surface area (Å²) in [5, 5.41) is 0. The number of carbonyl (C=O) groups is 1. The number of rotatable bonds is 5. The molecule has 0 fully saturated rings. The number of benzene rings is 1. The van der Waals surface area contributed by atoms with Gasteiger partial charge in [-0.2, -0.15) is 0 Å². The van der Waals surface area contributed by atoms with E-state index in [4.69, 9.17) is 4.74 Å². The molecule has 0 spiro atoms. The number of hydrogen-bond donors (Lipinski definition) is 0. The van der Waals surface area contributed by atoms with Crippen LogP contribution < -0.4 is 0 Å². The van der Waals surface area contributed by atoms with Gasteiger partial charge in [0.15, 0.2) is 5.78 Å². The van der Waals surface area contributed by atoms with Crippen LogP contribution in [-0.2, 0) is 4.74 Å². The molecular formula is C13H17FO2. The van der Waals surface area contributed by atoms with E-state index in [0.717, 1.165) is 5.56 Å². The first-order valence-electron chi connectivity index (χ1n) is 5.51. The van der Waals surface area contributed by atoms with Crippen molar-refractivity contribution in [3.05, 3.63) is 35.1 Å². The molecule has 0 saturated carbocycles. The van der Waals surface area contributed by atoms with E-state index in [2.05, 4.69) is 0 Å². The van der Waals surface area contributed by atoms with Crippen LogP contribution in [0.25, 0.3) is 0 Å². The van der Waals surface area contributed by atoms with E-state index in [1.54, 1.807) is 13.0 Å². The van der Waals surface area contributed by atoms with Gasteiger partial charge in [-0.1, -0.05) is 6.92 Å². The Morgan fingerprint density at radius 1 is 1.38 bits per heavy atom. The van der Waals surface area contributed by atoms with E-state index in [0.29, 0.717) is 18.6 Å². The number of ketones is 1. The summed E-state index contributed by atoms with van der Waals surface area (Å²) >= 11 is 0. The van der Waals surface area contributed by atoms with Crippen LogP contribution in [0.2, 0.25) is 0 Å². The van der Waals surface area contributed by atoms with Crippen LogP contribution in [0.4, 0.5) is 4.39 Å². The quantitative estimate of drug-likeness (QED) is 0.718. The number of aryl methyl sites for hydroxylation is 1. The minimum atomic E-state index is -0.466. The third kappa shape index (κ3) is 3.14. The first-order valence-corrected chi connectivity index (χ1v) is 5.51. The number of Topliss-reactive ketones (excluding diaryl/α,β-unsaturated/α-hetero) is 1. The summed E-state index contributed by atoms with van der Waals surface area (Å²) in [6.45, 7) is 5.97. The lowest BCUT2D eigenvalue weighted by molar-refractivity contribution is 0.0443. The smallest absolute Gasteiger partial charge is 0.191 e. The van der Waals surface area contributed by atoms with Crippen LogP contribution in [0.5, 0.6) is 0 Å². The summed E-state index contributed by atoms with van der Waals surface area (Å²) in [7, 11) is 0. The van der Waals surface area contributed by atoms with Gasteiger partial charge in [0.1, 0.15) is 11.9 Å². The zero-order valence-corrected chi connectivity index (χ0v) is 9.92. The summed E-state index contributed by atoms with van der Waals surface area (Å²) in [5.41, 5.74) is 1.13. The first-order chi connectivity index (χ1) is 7.58. The van der Waals surface area contributed by atoms with Crippen molar-refractivity contribution < 1.29 is 13.9 Å². The van der Waals surface area contributed by atoms with Crippen LogP contribution in [0.3, 0.4) is 0 Å². The highest BCUT2D eigenvalue weighted by Crippen LogP contribution is 2.13. The Morgan fingerprint density at radius 2 is 2.06 bits per heavy atom. The van der Waals surface area contributed by atoms with Crippen LogP contribution in [0.1, 0.15) is 36.2 Å². The molecule has 1 atom stereocenters. The Hall–Kier alpha value is -1.22. The monoisotopic (exact) mass is 224 g/mol. The molecule has 0 aliphatic carbocycles. The van der Waals surface area contributed by atoms with Gasteiger partial charge in [0, 0.05) is 12.2 Å². The molecule has 0 aromatic heterocycles. The maximum absolute atomic E-state index is 13.1. The Labute approximate surface area is 95.4 Å². The molecule has 1 aromatic rings. The van der Waals surface area contributed by atoms with E-state index < -0.39 is 6.10 Å². The van der Waals surface area contributed by atoms with Crippen molar-refractivity contribution in [1.82, 2.24) is 0 Å². The van der Waals surface area contributed by atoms with Crippen molar-refractivity contribution in [2.45, 2.75) is 33.3 Å². The lowest BCUT2D eigenvalue weighted by Crippen LogP contribution is -2.23. The zero-order valence-electron chi connectivity index (χ0n) is 9.92. The molecule has 0 N–H and O–H groups in total. The standard InChI is InChI=1S/C13H17FO2/c1-4-12(16-5-2)13(15)10-6-9(3)7-11(14)8-10/h6-8,12H,4-5H2,1-3H3. The molecule has 1 aromatic carbocycles. The molecule has 0 bridgehead atoms. The van der Waals surface area contributed by atoms with E-state index in [-0.39, 0.29) is 11.6 Å². The van der Waals surface area contributed by atoms with Crippen LogP contribution in [-0.4, -0.2) is 18.5 Å². The summed E-state index contributed by atoms with van der Waals surface area (Å²) in [5.74, 6) is -0.526. The second-order valence-electron chi connectivity index (χ2n) is 3.73. The Bertz CT molecular complexity index is 354. The first kappa shape index (κ1) is 12.8. The van der Waals surface area contributed by atoms with Crippen molar-refractivity contribution in [2.75, 3.05) is 6.61 Å². The summed E-state index contributed by atoms with van der Waals surface area (Å²) in [6.07, 6.45) is 0.133. The number of ether oxygens (including phenoxy) is 1. The van der Waals surface area contributed by atoms with Gasteiger partial charge in [-0.3, -0.25) is 4.79 Å². The normalized spacial score (nSPS) is 12.5. The molecule has 0 heterocycles. The molecule has 16 heavy (non-hydrogen) atoms. The van der Waals surface area contributed by atoms with Crippen LogP contribution in [0.15, 0.2) is 18.2 Å². The highest BCUT2D eigenvalue weighted by atomic mass is 19.1. The average molecular weight is 224 g/mol. The topological polar surface area (TPSA) is 26.3 Å². The van der Waals surface area contributed by atoms with Gasteiger partial charge in [-0.05, 0) is 44.0 Å². The second kappa shape index (κ2) is 5.75. The van der Waals surface area contributed by atoms with E-state index in [1.807, 2.05) is 13.8 Å². The lowest BCUT2D eigenvalue weighted by atomic mass is 10.0. The van der Waals surface area contributed by atoms with E-state index in [1.165, 1.54) is 12.1 Å². The minimum Gasteiger partial charge on any atom is -0.370 e. The lowest BCUT2D eigenvalue weighted by Gasteiger charge is -2.14. The molecular weight excluding hydrogens is 207 g/mol. The highest BCUT2D eigenvalue weighted by molar-refractivity contribution is 5.99. The fourth-order valence-corrected chi connectivity index (χ4v) is 1.64. The predicted octanol–water partition coefficient (Wildman–Crippen LogP) is 3.13. The van der Waals surface area contributed by atoms with Gasteiger partial charge in [0.2, 0.25) is 0 Å². The van der Waals surface area contributed by atoms with Gasteiger partial charge in [-0.15, -0.1) is 0 Å². The van der Waals surface area contributed by atoms with Crippen LogP contribution >= 0.6 is 0 Å². The molecule has 0 saturated heterocycles. The number of carbonyl (C=O) groups excluding carboxylic acids is 1. The fraction of sp³-hybridized carbons (Fsp3) is 0.462. The number of halogens is 1. The highest BCUT2D eigenvalue weighted by Gasteiger charge is 2.19. The SMILES string of the molecule is CCOC(CC)C(=O)c1cc(C)cc(F)c1. The van der Waals surface area contributed by atoms with Crippen LogP contribution in [0, 0.1) is 12.7 Å². The molecule has 0 aliphatic rings. The average Bonchev–Trinajstić information content (AvgIpc) is 2.23. The van der Waals surface area contributed by atoms with Crippen molar-refractivity contribution in [3.63, 3.8) is 0 Å². The third-order valence-electron chi connectivity index (χ3n) is 2.36. The summed E-state index contributed by atoms with van der Waals surface area (Å²) in [4.78, 5) is 12.0. The van der Waals surface area contributed by atoms with Crippen molar-refractivity contribution in [2.24, 2.45) is 0 Å². The van der Waals surface area contributed by atoms with Gasteiger partial charge in [-0.25, -0.2) is 4.39 Å². The number of hydrogen-bond acceptors (Lipinski definition) is 2. The van der Waals surface area contributed by atoms with Gasteiger partial charge in [0.05, 0.1) is 0 Å². The maximum Gasteiger partial charge on any atom is 0.191 e. The molecule has 3 heteroatoms. The van der Waals surface area contributed by atoms with Gasteiger partial charge >= 0.3 is 0 Å². The fourth-order valence-electron chi connectivity index (χ4n) is 1.64. The second-order valence-corrected chi connectivity index (χ2v) is 3.73. The van der Waals surface area contributed by atoms with Crippen molar-refractivity contribution in [1.29, 1.82) is 0 Å². The molecule has 0 aliphatic heterocycles. The molecule has 0 amide bonds. The minimum absolute atomic E-state index is 0.146. The van der Waals surface area contributed by atoms with Crippen molar-refractivity contribution in [3.8, 4) is 0 Å². The Kier molecular flexibility index (Phi) is 4.62. The molecule has 0 radical (unpaired) electrons. The molecule has 1 unspecified atom stereocenters.